The molecule has 0 bridgehead atoms. The van der Waals surface area contributed by atoms with E-state index in [1.54, 1.807) is 0 Å². The van der Waals surface area contributed by atoms with Crippen LogP contribution in [0.4, 0.5) is 0 Å². The van der Waals surface area contributed by atoms with Gasteiger partial charge in [0.2, 0.25) is 0 Å². The minimum atomic E-state index is -1.03. The predicted molar refractivity (Wildman–Crippen MR) is 74.6 cm³/mol. The van der Waals surface area contributed by atoms with Gasteiger partial charge in [0.25, 0.3) is 0 Å². The molecule has 2 unspecified atom stereocenters. The molecule has 2 N–H and O–H groups in total. The molecule has 0 aliphatic carbocycles. The molecule has 96 valence electrons. The minimum absolute atomic E-state index is 0.102. The molecular weight excluding hydrogens is 302 g/mol. The topological polar surface area (TPSA) is 49.3 Å². The smallest absolute Gasteiger partial charge is 0.0545 e. The molecule has 0 saturated carbocycles. The first-order valence-electron chi connectivity index (χ1n) is 5.65. The summed E-state index contributed by atoms with van der Waals surface area (Å²) in [5, 5.41) is 12.2. The fourth-order valence-corrected chi connectivity index (χ4v) is 3.46. The highest BCUT2D eigenvalue weighted by Crippen LogP contribution is 2.15. The van der Waals surface area contributed by atoms with Gasteiger partial charge in [-0.25, -0.2) is 0 Å². The summed E-state index contributed by atoms with van der Waals surface area (Å²) in [7, 11) is -1.03. The molecule has 0 aliphatic heterocycles. The molecule has 1 aromatic rings. The van der Waals surface area contributed by atoms with Gasteiger partial charge in [-0.05, 0) is 31.2 Å². The van der Waals surface area contributed by atoms with Crippen LogP contribution < -0.4 is 5.32 Å². The zero-order chi connectivity index (χ0) is 12.7. The lowest BCUT2D eigenvalue weighted by molar-refractivity contribution is 0.270. The molecule has 17 heavy (non-hydrogen) atoms. The number of aliphatic hydroxyl groups excluding tert-OH is 1. The molecule has 0 fully saturated rings. The van der Waals surface area contributed by atoms with Crippen LogP contribution in [0.25, 0.3) is 0 Å². The zero-order valence-electron chi connectivity index (χ0n) is 9.86. The molecule has 0 aliphatic rings. The van der Waals surface area contributed by atoms with Crippen molar-refractivity contribution in [3.8, 4) is 0 Å². The van der Waals surface area contributed by atoms with Crippen molar-refractivity contribution in [2.24, 2.45) is 0 Å². The van der Waals surface area contributed by atoms with Crippen molar-refractivity contribution in [3.63, 3.8) is 0 Å². The largest absolute Gasteiger partial charge is 0.396 e. The van der Waals surface area contributed by atoms with Crippen LogP contribution in [0.3, 0.4) is 0 Å². The number of hydrogen-bond acceptors (Lipinski definition) is 3. The number of halogens is 1. The van der Waals surface area contributed by atoms with Crippen LogP contribution in [0.1, 0.15) is 13.3 Å². The molecule has 0 radical (unpaired) electrons. The monoisotopic (exact) mass is 319 g/mol. The van der Waals surface area contributed by atoms with Gasteiger partial charge >= 0.3 is 0 Å². The quantitative estimate of drug-likeness (QED) is 0.807. The summed E-state index contributed by atoms with van der Waals surface area (Å²) in [6.45, 7) is 2.94. The van der Waals surface area contributed by atoms with Gasteiger partial charge in [-0.3, -0.25) is 4.21 Å². The van der Waals surface area contributed by atoms with Gasteiger partial charge in [-0.15, -0.1) is 0 Å². The third kappa shape index (κ3) is 5.29. The highest BCUT2D eigenvalue weighted by atomic mass is 79.9. The van der Waals surface area contributed by atoms with Crippen molar-refractivity contribution in [2.45, 2.75) is 24.3 Å². The molecule has 5 heteroatoms. The Morgan fingerprint density at radius 1 is 1.53 bits per heavy atom. The third-order valence-electron chi connectivity index (χ3n) is 2.38. The van der Waals surface area contributed by atoms with Crippen molar-refractivity contribution < 1.29 is 9.32 Å². The van der Waals surface area contributed by atoms with Gasteiger partial charge < -0.3 is 10.4 Å². The third-order valence-corrected chi connectivity index (χ3v) is 4.36. The first-order valence-corrected chi connectivity index (χ1v) is 7.76. The zero-order valence-corrected chi connectivity index (χ0v) is 12.3. The maximum Gasteiger partial charge on any atom is 0.0545 e. The lowest BCUT2D eigenvalue weighted by atomic mass is 10.2. The van der Waals surface area contributed by atoms with E-state index in [0.29, 0.717) is 12.2 Å². The Morgan fingerprint density at radius 3 is 2.88 bits per heavy atom. The van der Waals surface area contributed by atoms with Gasteiger partial charge in [0, 0.05) is 27.8 Å². The summed E-state index contributed by atoms with van der Waals surface area (Å²) in [5.74, 6) is 0.533. The Labute approximate surface area is 113 Å². The second-order valence-corrected chi connectivity index (χ2v) is 6.15. The second-order valence-electron chi connectivity index (χ2n) is 3.74. The van der Waals surface area contributed by atoms with Crippen LogP contribution in [0.5, 0.6) is 0 Å². The lowest BCUT2D eigenvalue weighted by Gasteiger charge is -2.16. The lowest BCUT2D eigenvalue weighted by Crippen LogP contribution is -2.34. The molecule has 1 rings (SSSR count). The maximum atomic E-state index is 12.1. The van der Waals surface area contributed by atoms with Gasteiger partial charge in [-0.1, -0.05) is 28.9 Å². The van der Waals surface area contributed by atoms with Crippen molar-refractivity contribution >= 4 is 26.7 Å². The fourth-order valence-electron chi connectivity index (χ4n) is 1.58. The second kappa shape index (κ2) is 7.97. The van der Waals surface area contributed by atoms with Crippen molar-refractivity contribution in [2.75, 3.05) is 18.9 Å². The van der Waals surface area contributed by atoms with Crippen molar-refractivity contribution in [3.05, 3.63) is 28.7 Å². The minimum Gasteiger partial charge on any atom is -0.396 e. The Kier molecular flexibility index (Phi) is 6.96. The van der Waals surface area contributed by atoms with E-state index in [-0.39, 0.29) is 12.6 Å². The van der Waals surface area contributed by atoms with Crippen LogP contribution in [0.2, 0.25) is 0 Å². The molecule has 0 spiro atoms. The Bertz CT molecular complexity index is 367. The van der Waals surface area contributed by atoms with Crippen LogP contribution in [0, 0.1) is 0 Å². The van der Waals surface area contributed by atoms with Crippen LogP contribution in [-0.2, 0) is 10.8 Å². The summed E-state index contributed by atoms with van der Waals surface area (Å²) in [6, 6.07) is 7.63. The maximum absolute atomic E-state index is 12.1. The molecule has 3 nitrogen and oxygen atoms in total. The van der Waals surface area contributed by atoms with E-state index in [9.17, 15) is 4.21 Å². The van der Waals surface area contributed by atoms with Crippen molar-refractivity contribution in [1.82, 2.24) is 5.32 Å². The summed E-state index contributed by atoms with van der Waals surface area (Å²) in [6.07, 6.45) is 0.633. The molecule has 0 saturated heterocycles. The average Bonchev–Trinajstić information content (AvgIpc) is 2.29. The first kappa shape index (κ1) is 14.8. The van der Waals surface area contributed by atoms with E-state index in [2.05, 4.69) is 21.2 Å². The first-order chi connectivity index (χ1) is 8.17. The van der Waals surface area contributed by atoms with E-state index < -0.39 is 10.8 Å². The predicted octanol–water partition coefficient (Wildman–Crippen LogP) is 1.92. The molecule has 2 atom stereocenters. The number of hydrogen-bond donors (Lipinski definition) is 2. The molecular formula is C12H18BrNO2S. The summed E-state index contributed by atoms with van der Waals surface area (Å²) in [5.41, 5.74) is 0. The Morgan fingerprint density at radius 2 is 2.29 bits per heavy atom. The Hall–Kier alpha value is -0.230. The fraction of sp³-hybridized carbons (Fsp3) is 0.500. The van der Waals surface area contributed by atoms with Gasteiger partial charge in [0.05, 0.1) is 10.8 Å². The van der Waals surface area contributed by atoms with Crippen LogP contribution in [0.15, 0.2) is 33.6 Å². The van der Waals surface area contributed by atoms with Crippen LogP contribution in [-0.4, -0.2) is 34.3 Å². The summed E-state index contributed by atoms with van der Waals surface area (Å²) in [4.78, 5) is 0.820. The number of benzene rings is 1. The molecule has 0 amide bonds. The molecule has 0 aromatic heterocycles. The number of rotatable bonds is 7. The standard InChI is InChI=1S/C12H18BrNO2S/c1-2-14-11(6-7-15)9-17(16)12-5-3-4-10(13)8-12/h3-5,8,11,14-15H,2,6-7,9H2,1H3. The average molecular weight is 320 g/mol. The Balaban J connectivity index is 2.63. The number of nitrogens with one attached hydrogen (secondary N) is 1. The van der Waals surface area contributed by atoms with Gasteiger partial charge in [0.15, 0.2) is 0 Å². The molecule has 0 heterocycles. The normalized spacial score (nSPS) is 14.5. The van der Waals surface area contributed by atoms with E-state index >= 15 is 0 Å². The SMILES string of the molecule is CCNC(CCO)CS(=O)c1cccc(Br)c1. The van der Waals surface area contributed by atoms with Gasteiger partial charge in [0.1, 0.15) is 0 Å². The van der Waals surface area contributed by atoms with E-state index in [4.69, 9.17) is 5.11 Å². The highest BCUT2D eigenvalue weighted by molar-refractivity contribution is 9.10. The highest BCUT2D eigenvalue weighted by Gasteiger charge is 2.12. The van der Waals surface area contributed by atoms with E-state index in [0.717, 1.165) is 15.9 Å². The van der Waals surface area contributed by atoms with Crippen LogP contribution >= 0.6 is 15.9 Å². The van der Waals surface area contributed by atoms with Crippen molar-refractivity contribution in [1.29, 1.82) is 0 Å². The van der Waals surface area contributed by atoms with Gasteiger partial charge in [-0.2, -0.15) is 0 Å². The number of aliphatic hydroxyl groups is 1. The van der Waals surface area contributed by atoms with E-state index in [1.807, 2.05) is 31.2 Å². The molecule has 1 aromatic carbocycles. The van der Waals surface area contributed by atoms with E-state index in [1.165, 1.54) is 0 Å². The summed E-state index contributed by atoms with van der Waals surface area (Å²) < 4.78 is 13.1. The summed E-state index contributed by atoms with van der Waals surface area (Å²) >= 11 is 3.37.